The third-order valence-corrected chi connectivity index (χ3v) is 2.48. The number of carbonyl (C=O) groups is 2. The Morgan fingerprint density at radius 3 is 2.84 bits per heavy atom. The third kappa shape index (κ3) is 3.41. The summed E-state index contributed by atoms with van der Waals surface area (Å²) in [5.74, 6) is -1.35. The number of nitrogens with zero attached hydrogens (tertiary/aromatic N) is 2. The molecule has 6 nitrogen and oxygen atoms in total. The number of carboxylic acids is 1. The van der Waals surface area contributed by atoms with Gasteiger partial charge in [-0.1, -0.05) is 12.1 Å². The summed E-state index contributed by atoms with van der Waals surface area (Å²) in [6.07, 6.45) is 2.64. The number of aryl methyl sites for hydroxylation is 1. The Morgan fingerprint density at radius 1 is 1.42 bits per heavy atom. The van der Waals surface area contributed by atoms with Crippen LogP contribution in [0.3, 0.4) is 0 Å². The van der Waals surface area contributed by atoms with Crippen molar-refractivity contribution in [1.82, 2.24) is 9.55 Å². The van der Waals surface area contributed by atoms with Crippen molar-refractivity contribution in [2.45, 2.75) is 13.5 Å². The molecule has 1 aromatic carbocycles. The molecule has 0 bridgehead atoms. The van der Waals surface area contributed by atoms with E-state index in [9.17, 15) is 9.59 Å². The first-order chi connectivity index (χ1) is 9.04. The number of aromatic nitrogens is 2. The molecule has 0 fully saturated rings. The number of aromatic carboxylic acids is 1. The molecule has 0 spiro atoms. The van der Waals surface area contributed by atoms with Crippen LogP contribution in [-0.2, 0) is 11.3 Å². The van der Waals surface area contributed by atoms with Crippen LogP contribution in [0, 0.1) is 6.92 Å². The van der Waals surface area contributed by atoms with Gasteiger partial charge in [0, 0.05) is 11.9 Å². The summed E-state index contributed by atoms with van der Waals surface area (Å²) >= 11 is 0. The predicted octanol–water partition coefficient (Wildman–Crippen LogP) is 1.53. The first kappa shape index (κ1) is 12.8. The number of nitrogens with one attached hydrogen (secondary N) is 1. The van der Waals surface area contributed by atoms with Gasteiger partial charge in [-0.15, -0.1) is 0 Å². The van der Waals surface area contributed by atoms with Crippen molar-refractivity contribution in [2.75, 3.05) is 5.32 Å². The van der Waals surface area contributed by atoms with E-state index in [1.54, 1.807) is 6.07 Å². The van der Waals surface area contributed by atoms with Crippen LogP contribution in [0.15, 0.2) is 36.8 Å². The molecule has 0 aliphatic heterocycles. The molecule has 2 aromatic rings. The monoisotopic (exact) mass is 259 g/mol. The molecule has 1 aromatic heterocycles. The van der Waals surface area contributed by atoms with Gasteiger partial charge in [-0.2, -0.15) is 0 Å². The highest BCUT2D eigenvalue weighted by Gasteiger charge is 2.09. The molecule has 1 heterocycles. The number of hydrogen-bond donors (Lipinski definition) is 2. The number of carbonyl (C=O) groups excluding carboxylic acids is 1. The maximum atomic E-state index is 11.8. The van der Waals surface area contributed by atoms with Gasteiger partial charge in [-0.25, -0.2) is 9.78 Å². The van der Waals surface area contributed by atoms with Crippen molar-refractivity contribution in [3.8, 4) is 0 Å². The average molecular weight is 259 g/mol. The first-order valence-corrected chi connectivity index (χ1v) is 5.66. The Kier molecular flexibility index (Phi) is 3.61. The second-order valence-corrected chi connectivity index (χ2v) is 4.15. The zero-order valence-corrected chi connectivity index (χ0v) is 10.3. The van der Waals surface area contributed by atoms with E-state index in [-0.39, 0.29) is 18.1 Å². The molecule has 0 aliphatic rings. The summed E-state index contributed by atoms with van der Waals surface area (Å²) in [6.45, 7) is 1.96. The number of hydrogen-bond acceptors (Lipinski definition) is 3. The lowest BCUT2D eigenvalue weighted by molar-refractivity contribution is -0.116. The smallest absolute Gasteiger partial charge is 0.356 e. The molecule has 1 amide bonds. The Morgan fingerprint density at radius 2 is 2.21 bits per heavy atom. The van der Waals surface area contributed by atoms with E-state index in [0.717, 1.165) is 5.56 Å². The zero-order chi connectivity index (χ0) is 13.8. The maximum absolute atomic E-state index is 11.8. The number of rotatable bonds is 4. The molecule has 0 atom stereocenters. The molecule has 19 heavy (non-hydrogen) atoms. The van der Waals surface area contributed by atoms with E-state index in [1.165, 1.54) is 17.1 Å². The SMILES string of the molecule is Cc1cccc(NC(=O)Cn2cnc(C(=O)O)c2)c1. The van der Waals surface area contributed by atoms with Crippen LogP contribution in [0.4, 0.5) is 5.69 Å². The second-order valence-electron chi connectivity index (χ2n) is 4.15. The molecule has 2 N–H and O–H groups in total. The summed E-state index contributed by atoms with van der Waals surface area (Å²) < 4.78 is 1.43. The molecule has 0 saturated heterocycles. The lowest BCUT2D eigenvalue weighted by Gasteiger charge is -2.06. The Balaban J connectivity index is 1.99. The molecule has 0 unspecified atom stereocenters. The molecule has 0 aliphatic carbocycles. The summed E-state index contributed by atoms with van der Waals surface area (Å²) in [6, 6.07) is 7.44. The summed E-state index contributed by atoms with van der Waals surface area (Å²) in [4.78, 5) is 26.1. The average Bonchev–Trinajstić information content (AvgIpc) is 2.77. The minimum Gasteiger partial charge on any atom is -0.476 e. The minimum absolute atomic E-state index is 0.0220. The summed E-state index contributed by atoms with van der Waals surface area (Å²) in [5, 5.41) is 11.5. The van der Waals surface area contributed by atoms with Crippen molar-refractivity contribution >= 4 is 17.6 Å². The van der Waals surface area contributed by atoms with Crippen LogP contribution in [0.2, 0.25) is 0 Å². The topological polar surface area (TPSA) is 84.2 Å². The second kappa shape index (κ2) is 5.34. The van der Waals surface area contributed by atoms with Crippen LogP contribution in [-0.4, -0.2) is 26.5 Å². The van der Waals surface area contributed by atoms with E-state index in [2.05, 4.69) is 10.3 Å². The number of benzene rings is 1. The fourth-order valence-electron chi connectivity index (χ4n) is 1.65. The van der Waals surface area contributed by atoms with Crippen LogP contribution in [0.5, 0.6) is 0 Å². The molecule has 0 radical (unpaired) electrons. The quantitative estimate of drug-likeness (QED) is 0.872. The lowest BCUT2D eigenvalue weighted by Crippen LogP contribution is -2.17. The van der Waals surface area contributed by atoms with Gasteiger partial charge in [-0.3, -0.25) is 4.79 Å². The summed E-state index contributed by atoms with van der Waals surface area (Å²) in [5.41, 5.74) is 1.68. The van der Waals surface area contributed by atoms with Gasteiger partial charge in [0.15, 0.2) is 5.69 Å². The predicted molar refractivity (Wildman–Crippen MR) is 69.0 cm³/mol. The van der Waals surface area contributed by atoms with Crippen molar-refractivity contribution in [2.24, 2.45) is 0 Å². The lowest BCUT2D eigenvalue weighted by atomic mass is 10.2. The van der Waals surface area contributed by atoms with Crippen molar-refractivity contribution in [3.63, 3.8) is 0 Å². The van der Waals surface area contributed by atoms with Gasteiger partial charge in [0.1, 0.15) is 6.54 Å². The van der Waals surface area contributed by atoms with Crippen LogP contribution < -0.4 is 5.32 Å². The standard InChI is InChI=1S/C13H13N3O3/c1-9-3-2-4-10(5-9)15-12(17)7-16-6-11(13(18)19)14-8-16/h2-6,8H,7H2,1H3,(H,15,17)(H,18,19). The van der Waals surface area contributed by atoms with Crippen molar-refractivity contribution in [3.05, 3.63) is 48.0 Å². The molecular weight excluding hydrogens is 246 g/mol. The number of amides is 1. The van der Waals surface area contributed by atoms with E-state index >= 15 is 0 Å². The number of anilines is 1. The highest BCUT2D eigenvalue weighted by Crippen LogP contribution is 2.09. The van der Waals surface area contributed by atoms with E-state index in [0.29, 0.717) is 5.69 Å². The fraction of sp³-hybridized carbons (Fsp3) is 0.154. The zero-order valence-electron chi connectivity index (χ0n) is 10.3. The van der Waals surface area contributed by atoms with E-state index in [1.807, 2.05) is 25.1 Å². The van der Waals surface area contributed by atoms with Gasteiger partial charge in [0.05, 0.1) is 6.33 Å². The van der Waals surface area contributed by atoms with Gasteiger partial charge >= 0.3 is 5.97 Å². The Labute approximate surface area is 109 Å². The molecule has 98 valence electrons. The minimum atomic E-state index is -1.11. The molecule has 2 rings (SSSR count). The van der Waals surface area contributed by atoms with Gasteiger partial charge in [-0.05, 0) is 24.6 Å². The highest BCUT2D eigenvalue weighted by atomic mass is 16.4. The normalized spacial score (nSPS) is 10.2. The maximum Gasteiger partial charge on any atom is 0.356 e. The molecular formula is C13H13N3O3. The number of carboxylic acid groups (broad SMARTS) is 1. The first-order valence-electron chi connectivity index (χ1n) is 5.66. The van der Waals surface area contributed by atoms with Crippen LogP contribution in [0.25, 0.3) is 0 Å². The third-order valence-electron chi connectivity index (χ3n) is 2.48. The fourth-order valence-corrected chi connectivity index (χ4v) is 1.65. The number of imidazole rings is 1. The Bertz CT molecular complexity index is 619. The molecule has 0 saturated carbocycles. The van der Waals surface area contributed by atoms with Gasteiger partial charge < -0.3 is 15.0 Å². The van der Waals surface area contributed by atoms with E-state index < -0.39 is 5.97 Å². The highest BCUT2D eigenvalue weighted by molar-refractivity contribution is 5.91. The van der Waals surface area contributed by atoms with Crippen LogP contribution in [0.1, 0.15) is 16.1 Å². The van der Waals surface area contributed by atoms with Gasteiger partial charge in [0.2, 0.25) is 5.91 Å². The van der Waals surface area contributed by atoms with Crippen molar-refractivity contribution < 1.29 is 14.7 Å². The van der Waals surface area contributed by atoms with E-state index in [4.69, 9.17) is 5.11 Å². The van der Waals surface area contributed by atoms with Gasteiger partial charge in [0.25, 0.3) is 0 Å². The largest absolute Gasteiger partial charge is 0.476 e. The molecule has 6 heteroatoms. The summed E-state index contributed by atoms with van der Waals surface area (Å²) in [7, 11) is 0. The van der Waals surface area contributed by atoms with Crippen LogP contribution >= 0.6 is 0 Å². The van der Waals surface area contributed by atoms with Crippen molar-refractivity contribution in [1.29, 1.82) is 0 Å². The Hall–Kier alpha value is -2.63.